The smallest absolute Gasteiger partial charge is 0.237 e. The van der Waals surface area contributed by atoms with Gasteiger partial charge in [-0.15, -0.1) is 0 Å². The Morgan fingerprint density at radius 2 is 1.89 bits per heavy atom. The number of carbonyl (C=O) groups is 1. The molecule has 2 unspecified atom stereocenters. The van der Waals surface area contributed by atoms with Gasteiger partial charge >= 0.3 is 0 Å². The average molecular weight is 294 g/mol. The van der Waals surface area contributed by atoms with E-state index in [1.54, 1.807) is 13.8 Å². The summed E-state index contributed by atoms with van der Waals surface area (Å²) in [5.74, 6) is -0.436. The molecular weight excluding hydrogens is 268 g/mol. The maximum absolute atomic E-state index is 11.7. The standard InChI is InChI=1S/C12H26N2O4S/c1-5-7-12(4,16)9-13-11(15)10(3)14-19(17,18)8-6-2/h10,14,16H,5-9H2,1-4H3,(H,13,15). The molecule has 0 radical (unpaired) electrons. The molecule has 0 aliphatic heterocycles. The lowest BCUT2D eigenvalue weighted by Gasteiger charge is -2.24. The van der Waals surface area contributed by atoms with Crippen LogP contribution in [0.25, 0.3) is 0 Å². The second-order valence-corrected chi connectivity index (χ2v) is 7.00. The van der Waals surface area contributed by atoms with Crippen LogP contribution >= 0.6 is 0 Å². The van der Waals surface area contributed by atoms with Crippen LogP contribution in [0, 0.1) is 0 Å². The molecule has 0 aromatic carbocycles. The van der Waals surface area contributed by atoms with Crippen molar-refractivity contribution < 1.29 is 18.3 Å². The highest BCUT2D eigenvalue weighted by molar-refractivity contribution is 7.89. The van der Waals surface area contributed by atoms with Gasteiger partial charge in [-0.25, -0.2) is 13.1 Å². The van der Waals surface area contributed by atoms with Crippen LogP contribution in [0.3, 0.4) is 0 Å². The fourth-order valence-electron chi connectivity index (χ4n) is 1.71. The lowest BCUT2D eigenvalue weighted by molar-refractivity contribution is -0.123. The number of amides is 1. The largest absolute Gasteiger partial charge is 0.388 e. The number of carbonyl (C=O) groups excluding carboxylic acids is 1. The molecule has 0 saturated heterocycles. The van der Waals surface area contributed by atoms with E-state index in [1.807, 2.05) is 6.92 Å². The number of rotatable bonds is 9. The molecule has 1 amide bonds. The van der Waals surface area contributed by atoms with Gasteiger partial charge in [0.2, 0.25) is 15.9 Å². The van der Waals surface area contributed by atoms with Crippen LogP contribution in [-0.2, 0) is 14.8 Å². The van der Waals surface area contributed by atoms with Crippen LogP contribution in [0.2, 0.25) is 0 Å². The molecule has 19 heavy (non-hydrogen) atoms. The summed E-state index contributed by atoms with van der Waals surface area (Å²) in [4.78, 5) is 11.7. The minimum absolute atomic E-state index is 0.00182. The summed E-state index contributed by atoms with van der Waals surface area (Å²) in [7, 11) is -3.41. The average Bonchev–Trinajstić information content (AvgIpc) is 2.25. The molecule has 0 fully saturated rings. The summed E-state index contributed by atoms with van der Waals surface area (Å²) < 4.78 is 25.3. The Bertz CT molecular complexity index is 379. The first-order chi connectivity index (χ1) is 8.63. The SMILES string of the molecule is CCCC(C)(O)CNC(=O)C(C)NS(=O)(=O)CCC. The normalized spacial score (nSPS) is 16.7. The molecule has 0 aliphatic carbocycles. The van der Waals surface area contributed by atoms with E-state index >= 15 is 0 Å². The Morgan fingerprint density at radius 1 is 1.32 bits per heavy atom. The summed E-state index contributed by atoms with van der Waals surface area (Å²) in [5, 5.41) is 12.5. The van der Waals surface area contributed by atoms with E-state index in [-0.39, 0.29) is 12.3 Å². The highest BCUT2D eigenvalue weighted by atomic mass is 32.2. The van der Waals surface area contributed by atoms with E-state index in [2.05, 4.69) is 10.0 Å². The molecular formula is C12H26N2O4S. The second-order valence-electron chi connectivity index (χ2n) is 5.12. The lowest BCUT2D eigenvalue weighted by Crippen LogP contribution is -2.49. The van der Waals surface area contributed by atoms with Gasteiger partial charge in [-0.05, 0) is 26.7 Å². The Hall–Kier alpha value is -0.660. The van der Waals surface area contributed by atoms with E-state index < -0.39 is 27.6 Å². The zero-order valence-corrected chi connectivity index (χ0v) is 13.0. The van der Waals surface area contributed by atoms with E-state index in [0.717, 1.165) is 6.42 Å². The first-order valence-corrected chi connectivity index (χ1v) is 8.29. The predicted octanol–water partition coefficient (Wildman–Crippen LogP) is 0.372. The first kappa shape index (κ1) is 18.3. The maximum Gasteiger partial charge on any atom is 0.237 e. The minimum atomic E-state index is -3.41. The van der Waals surface area contributed by atoms with E-state index in [0.29, 0.717) is 12.8 Å². The van der Waals surface area contributed by atoms with Gasteiger partial charge in [0, 0.05) is 6.54 Å². The second kappa shape index (κ2) is 7.81. The van der Waals surface area contributed by atoms with Gasteiger partial charge in [-0.3, -0.25) is 4.79 Å². The molecule has 0 aromatic rings. The molecule has 0 aromatic heterocycles. The third-order valence-electron chi connectivity index (χ3n) is 2.65. The zero-order chi connectivity index (χ0) is 15.1. The third kappa shape index (κ3) is 8.18. The topological polar surface area (TPSA) is 95.5 Å². The number of aliphatic hydroxyl groups is 1. The van der Waals surface area contributed by atoms with Gasteiger partial charge in [0.1, 0.15) is 0 Å². The van der Waals surface area contributed by atoms with Crippen molar-refractivity contribution in [3.8, 4) is 0 Å². The van der Waals surface area contributed by atoms with Crippen LogP contribution in [0.5, 0.6) is 0 Å². The molecule has 6 nitrogen and oxygen atoms in total. The monoisotopic (exact) mass is 294 g/mol. The molecule has 0 heterocycles. The molecule has 114 valence electrons. The van der Waals surface area contributed by atoms with Crippen LogP contribution < -0.4 is 10.0 Å². The third-order valence-corrected chi connectivity index (χ3v) is 4.31. The van der Waals surface area contributed by atoms with E-state index in [9.17, 15) is 18.3 Å². The molecule has 3 N–H and O–H groups in total. The summed E-state index contributed by atoms with van der Waals surface area (Å²) in [5.41, 5.74) is -0.966. The molecule has 0 aliphatic rings. The Labute approximate surface area is 116 Å². The lowest BCUT2D eigenvalue weighted by atomic mass is 10.0. The number of sulfonamides is 1. The van der Waals surface area contributed by atoms with Crippen LogP contribution in [0.4, 0.5) is 0 Å². The minimum Gasteiger partial charge on any atom is -0.388 e. The fraction of sp³-hybridized carbons (Fsp3) is 0.917. The van der Waals surface area contributed by atoms with Crippen molar-refractivity contribution in [1.82, 2.24) is 10.0 Å². The molecule has 0 spiro atoms. The van der Waals surface area contributed by atoms with Crippen molar-refractivity contribution >= 4 is 15.9 Å². The van der Waals surface area contributed by atoms with Gasteiger partial charge in [0.05, 0.1) is 17.4 Å². The number of hydrogen-bond acceptors (Lipinski definition) is 4. The summed E-state index contributed by atoms with van der Waals surface area (Å²) in [6.07, 6.45) is 1.87. The van der Waals surface area contributed by atoms with Gasteiger partial charge < -0.3 is 10.4 Å². The van der Waals surface area contributed by atoms with Crippen molar-refractivity contribution in [3.05, 3.63) is 0 Å². The Balaban J connectivity index is 4.29. The van der Waals surface area contributed by atoms with Crippen molar-refractivity contribution in [2.75, 3.05) is 12.3 Å². The van der Waals surface area contributed by atoms with Crippen molar-refractivity contribution in [3.63, 3.8) is 0 Å². The van der Waals surface area contributed by atoms with Crippen LogP contribution in [0.15, 0.2) is 0 Å². The Morgan fingerprint density at radius 3 is 2.37 bits per heavy atom. The van der Waals surface area contributed by atoms with Gasteiger partial charge in [-0.1, -0.05) is 20.3 Å². The van der Waals surface area contributed by atoms with E-state index in [4.69, 9.17) is 0 Å². The first-order valence-electron chi connectivity index (χ1n) is 6.63. The summed E-state index contributed by atoms with van der Waals surface area (Å²) >= 11 is 0. The highest BCUT2D eigenvalue weighted by Crippen LogP contribution is 2.09. The molecule has 0 rings (SSSR count). The molecule has 7 heteroatoms. The highest BCUT2D eigenvalue weighted by Gasteiger charge is 2.23. The summed E-state index contributed by atoms with van der Waals surface area (Å²) in [6.45, 7) is 6.93. The van der Waals surface area contributed by atoms with Crippen molar-refractivity contribution in [1.29, 1.82) is 0 Å². The fourth-order valence-corrected chi connectivity index (χ4v) is 3.01. The van der Waals surface area contributed by atoms with Crippen LogP contribution in [-0.4, -0.2) is 43.4 Å². The number of hydrogen-bond donors (Lipinski definition) is 3. The number of nitrogens with one attached hydrogen (secondary N) is 2. The molecule has 0 saturated carbocycles. The quantitative estimate of drug-likeness (QED) is 0.572. The van der Waals surface area contributed by atoms with Gasteiger partial charge in [-0.2, -0.15) is 0 Å². The van der Waals surface area contributed by atoms with E-state index in [1.165, 1.54) is 6.92 Å². The Kier molecular flexibility index (Phi) is 7.54. The van der Waals surface area contributed by atoms with Gasteiger partial charge in [0.15, 0.2) is 0 Å². The van der Waals surface area contributed by atoms with Crippen molar-refractivity contribution in [2.45, 2.75) is 58.6 Å². The summed E-state index contributed by atoms with van der Waals surface area (Å²) in [6, 6.07) is -0.839. The predicted molar refractivity (Wildman–Crippen MR) is 75.2 cm³/mol. The van der Waals surface area contributed by atoms with Crippen LogP contribution in [0.1, 0.15) is 47.0 Å². The molecule has 2 atom stereocenters. The van der Waals surface area contributed by atoms with Gasteiger partial charge in [0.25, 0.3) is 0 Å². The maximum atomic E-state index is 11.7. The molecule has 0 bridgehead atoms. The zero-order valence-electron chi connectivity index (χ0n) is 12.2. The van der Waals surface area contributed by atoms with Crippen molar-refractivity contribution in [2.24, 2.45) is 0 Å².